The Bertz CT molecular complexity index is 585. The summed E-state index contributed by atoms with van der Waals surface area (Å²) in [6.45, 7) is 12.3. The van der Waals surface area contributed by atoms with Gasteiger partial charge in [0, 0.05) is 38.3 Å². The van der Waals surface area contributed by atoms with E-state index in [1.165, 1.54) is 0 Å². The van der Waals surface area contributed by atoms with Gasteiger partial charge in [0.25, 0.3) is 0 Å². The molecule has 1 aromatic rings. The maximum absolute atomic E-state index is 6.11. The van der Waals surface area contributed by atoms with Gasteiger partial charge in [-0.1, -0.05) is 0 Å². The Morgan fingerprint density at radius 3 is 2.54 bits per heavy atom. The summed E-state index contributed by atoms with van der Waals surface area (Å²) in [6.07, 6.45) is 0. The number of nitrogens with one attached hydrogen (secondary N) is 1. The van der Waals surface area contributed by atoms with Gasteiger partial charge >= 0.3 is 0 Å². The molecule has 7 heteroatoms. The Hall–Kier alpha value is -1.99. The topological polar surface area (TPSA) is 75.3 Å². The highest BCUT2D eigenvalue weighted by atomic mass is 16.5. The van der Waals surface area contributed by atoms with Gasteiger partial charge in [0.15, 0.2) is 5.96 Å². The van der Waals surface area contributed by atoms with Crippen molar-refractivity contribution >= 4 is 11.6 Å². The lowest BCUT2D eigenvalue weighted by atomic mass is 10.2. The van der Waals surface area contributed by atoms with E-state index in [1.807, 2.05) is 32.0 Å². The van der Waals surface area contributed by atoms with E-state index < -0.39 is 0 Å². The van der Waals surface area contributed by atoms with Gasteiger partial charge in [-0.2, -0.15) is 0 Å². The highest BCUT2D eigenvalue weighted by Crippen LogP contribution is 2.29. The summed E-state index contributed by atoms with van der Waals surface area (Å²) in [6, 6.07) is 6.03. The maximum atomic E-state index is 6.11. The van der Waals surface area contributed by atoms with Crippen LogP contribution in [0.3, 0.4) is 0 Å². The van der Waals surface area contributed by atoms with E-state index in [9.17, 15) is 0 Å². The molecule has 0 radical (unpaired) electrons. The molecule has 0 saturated carbocycles. The third-order valence-corrected chi connectivity index (χ3v) is 4.51. The Kier molecular flexibility index (Phi) is 8.00. The summed E-state index contributed by atoms with van der Waals surface area (Å²) in [5.41, 5.74) is 6.88. The summed E-state index contributed by atoms with van der Waals surface area (Å²) in [5.74, 6) is 1.90. The van der Waals surface area contributed by atoms with Crippen LogP contribution in [0.15, 0.2) is 23.2 Å². The van der Waals surface area contributed by atoms with Gasteiger partial charge < -0.3 is 25.4 Å². The fourth-order valence-electron chi connectivity index (χ4n) is 2.93. The zero-order chi connectivity index (χ0) is 18.9. The second kappa shape index (κ2) is 10.2. The van der Waals surface area contributed by atoms with Crippen LogP contribution in [0.1, 0.15) is 20.8 Å². The summed E-state index contributed by atoms with van der Waals surface area (Å²) >= 11 is 0. The average Bonchev–Trinajstić information content (AvgIpc) is 2.63. The first-order valence-electron chi connectivity index (χ1n) is 9.42. The lowest BCUT2D eigenvalue weighted by Gasteiger charge is -2.35. The molecule has 1 heterocycles. The first-order valence-corrected chi connectivity index (χ1v) is 9.42. The maximum Gasteiger partial charge on any atom is 0.193 e. The van der Waals surface area contributed by atoms with Crippen LogP contribution >= 0.6 is 0 Å². The van der Waals surface area contributed by atoms with Crippen LogP contribution in [0.2, 0.25) is 0 Å². The quantitative estimate of drug-likeness (QED) is 0.542. The minimum Gasteiger partial charge on any atom is -0.494 e. The predicted molar refractivity (Wildman–Crippen MR) is 107 cm³/mol. The number of ether oxygens (including phenoxy) is 2. The number of likely N-dealkylation sites (N-methyl/N-ethyl adjacent to an activating group) is 1. The molecule has 2 rings (SSSR count). The molecule has 1 aliphatic rings. The zero-order valence-corrected chi connectivity index (χ0v) is 16.5. The molecule has 146 valence electrons. The van der Waals surface area contributed by atoms with Gasteiger partial charge in [-0.05, 0) is 40.0 Å². The van der Waals surface area contributed by atoms with Crippen molar-refractivity contribution in [1.82, 2.24) is 9.80 Å². The molecule has 0 aromatic heterocycles. The van der Waals surface area contributed by atoms with Crippen LogP contribution in [0, 0.1) is 0 Å². The minimum absolute atomic E-state index is 0.366. The number of aliphatic imine (C=N–C) groups is 1. The molecular formula is C19H33N5O2. The molecule has 0 amide bonds. The molecule has 3 N–H and O–H groups in total. The second-order valence-corrected chi connectivity index (χ2v) is 6.56. The van der Waals surface area contributed by atoms with E-state index in [0.29, 0.717) is 31.8 Å². The molecule has 1 aliphatic heterocycles. The number of nitrogens with two attached hydrogens (primary N) is 1. The molecule has 7 nitrogen and oxygen atoms in total. The van der Waals surface area contributed by atoms with E-state index in [0.717, 1.165) is 43.4 Å². The Morgan fingerprint density at radius 1 is 1.19 bits per heavy atom. The lowest BCUT2D eigenvalue weighted by molar-refractivity contribution is 0.122. The molecule has 1 fully saturated rings. The second-order valence-electron chi connectivity index (χ2n) is 6.56. The molecule has 1 saturated heterocycles. The van der Waals surface area contributed by atoms with Crippen LogP contribution in [-0.4, -0.2) is 74.8 Å². The number of benzene rings is 1. The minimum atomic E-state index is 0.366. The van der Waals surface area contributed by atoms with Crippen molar-refractivity contribution in [1.29, 1.82) is 0 Å². The third kappa shape index (κ3) is 6.07. The van der Waals surface area contributed by atoms with E-state index in [2.05, 4.69) is 34.1 Å². The van der Waals surface area contributed by atoms with Crippen molar-refractivity contribution in [3.8, 4) is 11.5 Å². The van der Waals surface area contributed by atoms with Gasteiger partial charge in [0.2, 0.25) is 0 Å². The van der Waals surface area contributed by atoms with Crippen LogP contribution in [0.25, 0.3) is 0 Å². The largest absolute Gasteiger partial charge is 0.494 e. The van der Waals surface area contributed by atoms with E-state index in [1.54, 1.807) is 0 Å². The standard InChI is InChI=1S/C19H33N5O2/c1-5-25-16-7-8-18(26-6-2)17(13-16)22-19(20)21-14-15(3)24-11-9-23(4)10-12-24/h7-8,13,15H,5-6,9-12,14H2,1-4H3,(H3,20,21,22). The number of hydrogen-bond acceptors (Lipinski definition) is 5. The number of nitrogens with zero attached hydrogens (tertiary/aromatic N) is 3. The average molecular weight is 364 g/mol. The normalized spacial score (nSPS) is 17.8. The van der Waals surface area contributed by atoms with Crippen molar-refractivity contribution in [3.63, 3.8) is 0 Å². The van der Waals surface area contributed by atoms with Crippen LogP contribution < -0.4 is 20.5 Å². The Balaban J connectivity index is 1.97. The fraction of sp³-hybridized carbons (Fsp3) is 0.632. The Labute approximate surface area is 157 Å². The Morgan fingerprint density at radius 2 is 1.88 bits per heavy atom. The van der Waals surface area contributed by atoms with Crippen molar-refractivity contribution in [2.75, 3.05) is 58.3 Å². The summed E-state index contributed by atoms with van der Waals surface area (Å²) in [7, 11) is 2.16. The van der Waals surface area contributed by atoms with Crippen LogP contribution in [0.4, 0.5) is 5.69 Å². The molecule has 1 atom stereocenters. The van der Waals surface area contributed by atoms with E-state index in [4.69, 9.17) is 15.2 Å². The SMILES string of the molecule is CCOc1ccc(OCC)c(NC(N)=NCC(C)N2CCN(C)CC2)c1. The number of anilines is 1. The monoisotopic (exact) mass is 363 g/mol. The number of rotatable bonds is 8. The number of hydrogen-bond donors (Lipinski definition) is 2. The highest BCUT2D eigenvalue weighted by molar-refractivity contribution is 5.94. The summed E-state index contributed by atoms with van der Waals surface area (Å²) < 4.78 is 11.2. The fourth-order valence-corrected chi connectivity index (χ4v) is 2.93. The first kappa shape index (κ1) is 20.3. The smallest absolute Gasteiger partial charge is 0.193 e. The molecule has 1 aromatic carbocycles. The van der Waals surface area contributed by atoms with Crippen molar-refractivity contribution in [3.05, 3.63) is 18.2 Å². The van der Waals surface area contributed by atoms with Gasteiger partial charge in [-0.25, -0.2) is 0 Å². The van der Waals surface area contributed by atoms with Crippen molar-refractivity contribution in [2.24, 2.45) is 10.7 Å². The van der Waals surface area contributed by atoms with Gasteiger partial charge in [-0.3, -0.25) is 9.89 Å². The van der Waals surface area contributed by atoms with Gasteiger partial charge in [-0.15, -0.1) is 0 Å². The molecular weight excluding hydrogens is 330 g/mol. The van der Waals surface area contributed by atoms with Crippen LogP contribution in [0.5, 0.6) is 11.5 Å². The molecule has 0 bridgehead atoms. The summed E-state index contributed by atoms with van der Waals surface area (Å²) in [5, 5.41) is 3.16. The number of piperazine rings is 1. The van der Waals surface area contributed by atoms with Crippen LogP contribution in [-0.2, 0) is 0 Å². The first-order chi connectivity index (χ1) is 12.5. The van der Waals surface area contributed by atoms with Gasteiger partial charge in [0.05, 0.1) is 25.4 Å². The molecule has 26 heavy (non-hydrogen) atoms. The van der Waals surface area contributed by atoms with E-state index >= 15 is 0 Å². The molecule has 1 unspecified atom stereocenters. The predicted octanol–water partition coefficient (Wildman–Crippen LogP) is 1.85. The number of guanidine groups is 1. The van der Waals surface area contributed by atoms with Crippen molar-refractivity contribution < 1.29 is 9.47 Å². The van der Waals surface area contributed by atoms with E-state index in [-0.39, 0.29) is 0 Å². The van der Waals surface area contributed by atoms with Gasteiger partial charge in [0.1, 0.15) is 11.5 Å². The van der Waals surface area contributed by atoms with Crippen molar-refractivity contribution in [2.45, 2.75) is 26.8 Å². The summed E-state index contributed by atoms with van der Waals surface area (Å²) in [4.78, 5) is 9.33. The molecule has 0 spiro atoms. The zero-order valence-electron chi connectivity index (χ0n) is 16.5. The molecule has 0 aliphatic carbocycles. The third-order valence-electron chi connectivity index (χ3n) is 4.51. The highest BCUT2D eigenvalue weighted by Gasteiger charge is 2.18. The lowest BCUT2D eigenvalue weighted by Crippen LogP contribution is -2.49.